The van der Waals surface area contributed by atoms with E-state index in [1.807, 2.05) is 0 Å². The molecule has 1 aliphatic rings. The number of ether oxygens (including phenoxy) is 2. The van der Waals surface area contributed by atoms with E-state index in [-0.39, 0.29) is 38.8 Å². The van der Waals surface area contributed by atoms with Crippen LogP contribution >= 0.6 is 11.6 Å². The van der Waals surface area contributed by atoms with Crippen molar-refractivity contribution < 1.29 is 38.5 Å². The molecule has 0 unspecified atom stereocenters. The fourth-order valence-electron chi connectivity index (χ4n) is 3.77. The summed E-state index contributed by atoms with van der Waals surface area (Å²) in [5, 5.41) is 22.0. The minimum Gasteiger partial charge on any atom is -0.496 e. The van der Waals surface area contributed by atoms with Gasteiger partial charge in [-0.15, -0.1) is 0 Å². The number of nitro groups is 2. The van der Waals surface area contributed by atoms with E-state index in [0.717, 1.165) is 24.3 Å². The molecule has 192 valence electrons. The predicted octanol–water partition coefficient (Wildman–Crippen LogP) is 4.01. The van der Waals surface area contributed by atoms with Crippen LogP contribution in [0.2, 0.25) is 5.02 Å². The number of nitrogens with zero attached hydrogens (tertiary/aromatic N) is 3. The summed E-state index contributed by atoms with van der Waals surface area (Å²) in [6.45, 7) is -0.759. The molecule has 0 atom stereocenters. The van der Waals surface area contributed by atoms with E-state index < -0.39 is 51.3 Å². The van der Waals surface area contributed by atoms with Gasteiger partial charge in [0.2, 0.25) is 5.78 Å². The molecule has 0 bridgehead atoms. The monoisotopic (exact) mass is 539 g/mol. The van der Waals surface area contributed by atoms with Crippen LogP contribution in [-0.2, 0) is 4.74 Å². The Kier molecular flexibility index (Phi) is 6.86. The van der Waals surface area contributed by atoms with Gasteiger partial charge in [0.05, 0.1) is 33.2 Å². The van der Waals surface area contributed by atoms with Crippen molar-refractivity contribution in [1.29, 1.82) is 0 Å². The van der Waals surface area contributed by atoms with E-state index in [0.29, 0.717) is 4.90 Å². The maximum Gasteiger partial charge on any atom is 0.342 e. The quantitative estimate of drug-likeness (QED) is 0.133. The van der Waals surface area contributed by atoms with Gasteiger partial charge in [0.1, 0.15) is 16.9 Å². The van der Waals surface area contributed by atoms with Crippen molar-refractivity contribution in [2.24, 2.45) is 0 Å². The minimum atomic E-state index is -1.05. The molecule has 14 heteroatoms. The largest absolute Gasteiger partial charge is 0.496 e. The van der Waals surface area contributed by atoms with Crippen LogP contribution in [0.15, 0.2) is 54.6 Å². The van der Waals surface area contributed by atoms with E-state index in [1.54, 1.807) is 0 Å². The van der Waals surface area contributed by atoms with Crippen LogP contribution in [0.5, 0.6) is 5.75 Å². The van der Waals surface area contributed by atoms with E-state index in [1.165, 1.54) is 37.4 Å². The summed E-state index contributed by atoms with van der Waals surface area (Å²) in [6.07, 6.45) is 0. The van der Waals surface area contributed by atoms with E-state index in [2.05, 4.69) is 0 Å². The molecule has 0 fully saturated rings. The van der Waals surface area contributed by atoms with Crippen molar-refractivity contribution in [3.8, 4) is 5.75 Å². The molecule has 2 amide bonds. The van der Waals surface area contributed by atoms with Crippen LogP contribution in [0, 0.1) is 20.2 Å². The Morgan fingerprint density at radius 3 is 2.34 bits per heavy atom. The summed E-state index contributed by atoms with van der Waals surface area (Å²) in [4.78, 5) is 72.5. The van der Waals surface area contributed by atoms with Gasteiger partial charge < -0.3 is 9.47 Å². The van der Waals surface area contributed by atoms with E-state index in [4.69, 9.17) is 21.1 Å². The number of non-ortho nitro benzene ring substituents is 1. The Hall–Kier alpha value is -5.17. The molecule has 0 saturated carbocycles. The molecule has 0 saturated heterocycles. The maximum atomic E-state index is 13.0. The molecule has 38 heavy (non-hydrogen) atoms. The summed E-state index contributed by atoms with van der Waals surface area (Å²) in [5.74, 6) is -3.79. The number of Topliss-reactive ketones (excluding diaryl/α,β-unsaturated/α-hetero) is 1. The zero-order chi connectivity index (χ0) is 27.7. The fraction of sp³-hybridized carbons (Fsp3) is 0.0833. The van der Waals surface area contributed by atoms with Gasteiger partial charge in [0.25, 0.3) is 23.2 Å². The third kappa shape index (κ3) is 4.53. The zero-order valence-corrected chi connectivity index (χ0v) is 20.0. The fourth-order valence-corrected chi connectivity index (χ4v) is 4.01. The molecule has 0 N–H and O–H groups in total. The summed E-state index contributed by atoms with van der Waals surface area (Å²) in [6, 6.07) is 10.6. The lowest BCUT2D eigenvalue weighted by atomic mass is 10.1. The van der Waals surface area contributed by atoms with Crippen molar-refractivity contribution in [1.82, 2.24) is 0 Å². The standard InChI is InChI=1S/C24H14ClN3O10/c1-37-20-10-18(26-22(30)14-6-3-7-17(28(35)36)21(14)23(26)31)16(25)9-15(20)24(32)38-11-19(29)12-4-2-5-13(8-12)27(33)34/h2-10H,11H2,1H3. The summed E-state index contributed by atoms with van der Waals surface area (Å²) in [7, 11) is 1.19. The zero-order valence-electron chi connectivity index (χ0n) is 19.2. The van der Waals surface area contributed by atoms with Crippen LogP contribution in [0.25, 0.3) is 0 Å². The van der Waals surface area contributed by atoms with Crippen molar-refractivity contribution in [3.05, 3.63) is 102 Å². The number of anilines is 1. The molecular formula is C24H14ClN3O10. The van der Waals surface area contributed by atoms with E-state index in [9.17, 15) is 39.4 Å². The number of carbonyl (C=O) groups is 4. The van der Waals surface area contributed by atoms with Gasteiger partial charge in [-0.3, -0.25) is 34.6 Å². The molecule has 3 aromatic carbocycles. The van der Waals surface area contributed by atoms with Crippen molar-refractivity contribution >= 4 is 52.2 Å². The normalized spacial score (nSPS) is 12.2. The van der Waals surface area contributed by atoms with Crippen molar-refractivity contribution in [3.63, 3.8) is 0 Å². The number of amides is 2. The van der Waals surface area contributed by atoms with Crippen LogP contribution in [0.3, 0.4) is 0 Å². The minimum absolute atomic E-state index is 0.0490. The lowest BCUT2D eigenvalue weighted by Gasteiger charge is -2.18. The van der Waals surface area contributed by atoms with Crippen LogP contribution in [0.4, 0.5) is 17.1 Å². The van der Waals surface area contributed by atoms with Gasteiger partial charge in [0, 0.05) is 29.8 Å². The molecule has 0 aromatic heterocycles. The summed E-state index contributed by atoms with van der Waals surface area (Å²) >= 11 is 6.29. The highest BCUT2D eigenvalue weighted by molar-refractivity contribution is 6.40. The van der Waals surface area contributed by atoms with Crippen LogP contribution in [0.1, 0.15) is 41.4 Å². The number of benzene rings is 3. The third-order valence-electron chi connectivity index (χ3n) is 5.53. The number of fused-ring (bicyclic) bond motifs is 1. The number of esters is 1. The second kappa shape index (κ2) is 10.1. The van der Waals surface area contributed by atoms with Gasteiger partial charge in [0.15, 0.2) is 6.61 Å². The van der Waals surface area contributed by atoms with Gasteiger partial charge in [-0.2, -0.15) is 0 Å². The average Bonchev–Trinajstić information content (AvgIpc) is 3.16. The van der Waals surface area contributed by atoms with Gasteiger partial charge in [-0.1, -0.05) is 29.8 Å². The highest BCUT2D eigenvalue weighted by Crippen LogP contribution is 2.40. The first-order valence-corrected chi connectivity index (χ1v) is 10.9. The first-order valence-electron chi connectivity index (χ1n) is 10.5. The lowest BCUT2D eigenvalue weighted by Crippen LogP contribution is -2.30. The first kappa shape index (κ1) is 25.9. The molecule has 1 aliphatic heterocycles. The number of ketones is 1. The molecule has 13 nitrogen and oxygen atoms in total. The lowest BCUT2D eigenvalue weighted by molar-refractivity contribution is -0.385. The predicted molar refractivity (Wildman–Crippen MR) is 130 cm³/mol. The number of hydrogen-bond acceptors (Lipinski definition) is 10. The van der Waals surface area contributed by atoms with Gasteiger partial charge in [-0.05, 0) is 12.1 Å². The Morgan fingerprint density at radius 1 is 0.974 bits per heavy atom. The molecule has 4 rings (SSSR count). The molecule has 0 radical (unpaired) electrons. The van der Waals surface area contributed by atoms with Gasteiger partial charge in [-0.25, -0.2) is 9.69 Å². The second-order valence-electron chi connectivity index (χ2n) is 7.71. The number of carbonyl (C=O) groups excluding carboxylic acids is 4. The number of methoxy groups -OCH3 is 1. The Bertz CT molecular complexity index is 1570. The van der Waals surface area contributed by atoms with Crippen molar-refractivity contribution in [2.75, 3.05) is 18.6 Å². The number of nitro benzene ring substituents is 2. The summed E-state index contributed by atoms with van der Waals surface area (Å²) < 4.78 is 10.2. The molecule has 1 heterocycles. The average molecular weight is 540 g/mol. The molecule has 0 spiro atoms. The van der Waals surface area contributed by atoms with Crippen molar-refractivity contribution in [2.45, 2.75) is 0 Å². The maximum absolute atomic E-state index is 13.0. The molecule has 3 aromatic rings. The second-order valence-corrected chi connectivity index (χ2v) is 8.12. The van der Waals surface area contributed by atoms with E-state index >= 15 is 0 Å². The van der Waals surface area contributed by atoms with Gasteiger partial charge >= 0.3 is 5.97 Å². The number of imide groups is 1. The summed E-state index contributed by atoms with van der Waals surface area (Å²) in [5.41, 5.74) is -1.97. The Labute approximate surface area is 217 Å². The van der Waals surface area contributed by atoms with Crippen LogP contribution in [-0.4, -0.2) is 47.1 Å². The Morgan fingerprint density at radius 2 is 1.68 bits per heavy atom. The first-order chi connectivity index (χ1) is 18.0. The highest BCUT2D eigenvalue weighted by atomic mass is 35.5. The molecular weight excluding hydrogens is 526 g/mol. The highest BCUT2D eigenvalue weighted by Gasteiger charge is 2.43. The molecule has 0 aliphatic carbocycles. The van der Waals surface area contributed by atoms with Crippen LogP contribution < -0.4 is 9.64 Å². The third-order valence-corrected chi connectivity index (χ3v) is 5.84. The number of rotatable bonds is 8. The smallest absolute Gasteiger partial charge is 0.342 e. The SMILES string of the molecule is COc1cc(N2C(=O)c3cccc([N+](=O)[O-])c3C2=O)c(Cl)cc1C(=O)OCC(=O)c1cccc([N+](=O)[O-])c1. The Balaban J connectivity index is 1.60. The number of hydrogen-bond donors (Lipinski definition) is 0. The topological polar surface area (TPSA) is 176 Å². The number of halogens is 1.